The molecule has 0 spiro atoms. The maximum atomic E-state index is 13.1. The Balaban J connectivity index is 1.43. The number of hydrogen-bond donors (Lipinski definition) is 0. The van der Waals surface area contributed by atoms with Gasteiger partial charge in [-0.3, -0.25) is 9.78 Å². The SMILES string of the molecule is O=C(C=Cc1cccc2cccnc12)N1CCCCC1c1nc2ccccc2s1. The first kappa shape index (κ1) is 18.0. The molecule has 1 amide bonds. The number of carbonyl (C=O) groups excluding carboxylic acids is 1. The first-order valence-electron chi connectivity index (χ1n) is 9.97. The molecule has 0 saturated carbocycles. The predicted octanol–water partition coefficient (Wildman–Crippen LogP) is 5.61. The number of carbonyl (C=O) groups is 1. The number of nitrogens with zero attached hydrogens (tertiary/aromatic N) is 3. The number of likely N-dealkylation sites (tertiary alicyclic amines) is 1. The molecule has 4 nitrogen and oxygen atoms in total. The highest BCUT2D eigenvalue weighted by Gasteiger charge is 2.29. The van der Waals surface area contributed by atoms with E-state index in [0.29, 0.717) is 0 Å². The van der Waals surface area contributed by atoms with Gasteiger partial charge in [-0.25, -0.2) is 4.98 Å². The normalized spacial score (nSPS) is 17.4. The van der Waals surface area contributed by atoms with Crippen molar-refractivity contribution in [3.8, 4) is 0 Å². The van der Waals surface area contributed by atoms with Crippen LogP contribution < -0.4 is 0 Å². The molecule has 2 aromatic heterocycles. The van der Waals surface area contributed by atoms with Crippen molar-refractivity contribution >= 4 is 44.4 Å². The van der Waals surface area contributed by atoms with Gasteiger partial charge in [0.1, 0.15) is 5.01 Å². The monoisotopic (exact) mass is 399 g/mol. The Labute approximate surface area is 173 Å². The van der Waals surface area contributed by atoms with E-state index in [1.807, 2.05) is 59.5 Å². The van der Waals surface area contributed by atoms with Crippen LogP contribution in [0.1, 0.15) is 35.9 Å². The maximum Gasteiger partial charge on any atom is 0.247 e. The van der Waals surface area contributed by atoms with Crippen LogP contribution in [0.5, 0.6) is 0 Å². The molecule has 2 aromatic carbocycles. The molecule has 144 valence electrons. The number of fused-ring (bicyclic) bond motifs is 2. The maximum absolute atomic E-state index is 13.1. The van der Waals surface area contributed by atoms with Gasteiger partial charge >= 0.3 is 0 Å². The van der Waals surface area contributed by atoms with E-state index < -0.39 is 0 Å². The summed E-state index contributed by atoms with van der Waals surface area (Å²) in [5.74, 6) is 0.0434. The molecule has 1 unspecified atom stereocenters. The van der Waals surface area contributed by atoms with E-state index in [0.717, 1.165) is 52.8 Å². The van der Waals surface area contributed by atoms with E-state index >= 15 is 0 Å². The van der Waals surface area contributed by atoms with Gasteiger partial charge in [-0.2, -0.15) is 0 Å². The van der Waals surface area contributed by atoms with Crippen LogP contribution in [0.25, 0.3) is 27.2 Å². The van der Waals surface area contributed by atoms with Gasteiger partial charge in [0.05, 0.1) is 21.8 Å². The number of hydrogen-bond acceptors (Lipinski definition) is 4. The number of pyridine rings is 1. The van der Waals surface area contributed by atoms with Crippen molar-refractivity contribution in [2.24, 2.45) is 0 Å². The second-order valence-corrected chi connectivity index (χ2v) is 8.38. The molecule has 0 radical (unpaired) electrons. The predicted molar refractivity (Wildman–Crippen MR) is 119 cm³/mol. The summed E-state index contributed by atoms with van der Waals surface area (Å²) in [6.45, 7) is 0.775. The van der Waals surface area contributed by atoms with Crippen molar-refractivity contribution in [1.29, 1.82) is 0 Å². The minimum atomic E-state index is 0.0434. The summed E-state index contributed by atoms with van der Waals surface area (Å²) in [6.07, 6.45) is 8.50. The molecule has 1 saturated heterocycles. The number of piperidine rings is 1. The third-order valence-corrected chi connectivity index (χ3v) is 6.59. The molecule has 1 atom stereocenters. The summed E-state index contributed by atoms with van der Waals surface area (Å²) in [5, 5.41) is 2.12. The first-order valence-corrected chi connectivity index (χ1v) is 10.8. The topological polar surface area (TPSA) is 46.1 Å². The van der Waals surface area contributed by atoms with Crippen LogP contribution in [-0.4, -0.2) is 27.3 Å². The summed E-state index contributed by atoms with van der Waals surface area (Å²) in [6, 6.07) is 18.2. The highest BCUT2D eigenvalue weighted by molar-refractivity contribution is 7.18. The molecule has 5 rings (SSSR count). The van der Waals surface area contributed by atoms with Gasteiger partial charge in [0, 0.05) is 29.8 Å². The minimum absolute atomic E-state index is 0.0434. The Hall–Kier alpha value is -3.05. The van der Waals surface area contributed by atoms with E-state index in [1.54, 1.807) is 23.6 Å². The Bertz CT molecular complexity index is 1170. The van der Waals surface area contributed by atoms with Crippen molar-refractivity contribution in [2.45, 2.75) is 25.3 Å². The molecule has 29 heavy (non-hydrogen) atoms. The number of amides is 1. The number of benzene rings is 2. The number of thiazole rings is 1. The van der Waals surface area contributed by atoms with Crippen LogP contribution >= 0.6 is 11.3 Å². The molecular weight excluding hydrogens is 378 g/mol. The van der Waals surface area contributed by atoms with Crippen LogP contribution in [-0.2, 0) is 4.79 Å². The molecule has 1 fully saturated rings. The lowest BCUT2D eigenvalue weighted by atomic mass is 10.0. The zero-order valence-corrected chi connectivity index (χ0v) is 16.8. The Morgan fingerprint density at radius 3 is 2.90 bits per heavy atom. The molecule has 0 N–H and O–H groups in total. The van der Waals surface area contributed by atoms with Gasteiger partial charge in [-0.05, 0) is 43.5 Å². The molecule has 1 aliphatic heterocycles. The fourth-order valence-corrected chi connectivity index (χ4v) is 5.12. The van der Waals surface area contributed by atoms with Crippen LogP contribution in [0, 0.1) is 0 Å². The summed E-state index contributed by atoms with van der Waals surface area (Å²) in [7, 11) is 0. The summed E-state index contributed by atoms with van der Waals surface area (Å²) in [4.78, 5) is 24.4. The lowest BCUT2D eigenvalue weighted by Gasteiger charge is -2.33. The Kier molecular flexibility index (Phi) is 4.82. The zero-order valence-electron chi connectivity index (χ0n) is 16.0. The smallest absolute Gasteiger partial charge is 0.247 e. The van der Waals surface area contributed by atoms with Gasteiger partial charge < -0.3 is 4.90 Å². The molecule has 4 aromatic rings. The highest BCUT2D eigenvalue weighted by atomic mass is 32.1. The summed E-state index contributed by atoms with van der Waals surface area (Å²) in [5.41, 5.74) is 2.90. The number of aromatic nitrogens is 2. The average Bonchev–Trinajstić information content (AvgIpc) is 3.21. The quantitative estimate of drug-likeness (QED) is 0.421. The largest absolute Gasteiger partial charge is 0.330 e. The van der Waals surface area contributed by atoms with Crippen molar-refractivity contribution < 1.29 is 4.79 Å². The standard InChI is InChI=1S/C24H21N3OS/c28-22(14-13-18-8-5-7-17-9-6-15-25-23(17)18)27-16-4-3-11-20(27)24-26-19-10-1-2-12-21(19)29-24/h1-2,5-10,12-15,20H,3-4,11,16H2. The number of para-hydroxylation sites is 2. The zero-order chi connectivity index (χ0) is 19.6. The van der Waals surface area contributed by atoms with Crippen molar-refractivity contribution in [3.63, 3.8) is 0 Å². The van der Waals surface area contributed by atoms with E-state index in [9.17, 15) is 4.79 Å². The van der Waals surface area contributed by atoms with Crippen LogP contribution in [0.15, 0.2) is 66.9 Å². The van der Waals surface area contributed by atoms with Crippen molar-refractivity contribution in [1.82, 2.24) is 14.9 Å². The third kappa shape index (κ3) is 3.54. The lowest BCUT2D eigenvalue weighted by Crippen LogP contribution is -2.37. The Morgan fingerprint density at radius 2 is 1.97 bits per heavy atom. The van der Waals surface area contributed by atoms with Crippen molar-refractivity contribution in [3.05, 3.63) is 77.4 Å². The molecule has 0 aliphatic carbocycles. The third-order valence-electron chi connectivity index (χ3n) is 5.45. The van der Waals surface area contributed by atoms with Gasteiger partial charge in [0.15, 0.2) is 0 Å². The second kappa shape index (κ2) is 7.76. The lowest BCUT2D eigenvalue weighted by molar-refractivity contribution is -0.129. The highest BCUT2D eigenvalue weighted by Crippen LogP contribution is 2.35. The molecule has 5 heteroatoms. The van der Waals surface area contributed by atoms with E-state index in [4.69, 9.17) is 4.98 Å². The van der Waals surface area contributed by atoms with E-state index in [-0.39, 0.29) is 11.9 Å². The van der Waals surface area contributed by atoms with Crippen molar-refractivity contribution in [2.75, 3.05) is 6.54 Å². The fourth-order valence-electron chi connectivity index (χ4n) is 4.00. The fraction of sp³-hybridized carbons (Fsp3) is 0.208. The van der Waals surface area contributed by atoms with Gasteiger partial charge in [0.25, 0.3) is 0 Å². The number of rotatable bonds is 3. The first-order chi connectivity index (χ1) is 14.3. The minimum Gasteiger partial charge on any atom is -0.330 e. The van der Waals surface area contributed by atoms with Gasteiger partial charge in [0.2, 0.25) is 5.91 Å². The average molecular weight is 400 g/mol. The summed E-state index contributed by atoms with van der Waals surface area (Å²) >= 11 is 1.70. The molecule has 0 bridgehead atoms. The Morgan fingerprint density at radius 1 is 1.07 bits per heavy atom. The van der Waals surface area contributed by atoms with Gasteiger partial charge in [-0.1, -0.05) is 36.4 Å². The van der Waals surface area contributed by atoms with E-state index in [1.165, 1.54) is 4.70 Å². The van der Waals surface area contributed by atoms with Crippen LogP contribution in [0.2, 0.25) is 0 Å². The second-order valence-electron chi connectivity index (χ2n) is 7.32. The van der Waals surface area contributed by atoms with Gasteiger partial charge in [-0.15, -0.1) is 11.3 Å². The molecule has 3 heterocycles. The van der Waals surface area contributed by atoms with Crippen LogP contribution in [0.4, 0.5) is 0 Å². The molecular formula is C24H21N3OS. The van der Waals surface area contributed by atoms with E-state index in [2.05, 4.69) is 11.1 Å². The van der Waals surface area contributed by atoms with Crippen LogP contribution in [0.3, 0.4) is 0 Å². The molecule has 1 aliphatic rings. The summed E-state index contributed by atoms with van der Waals surface area (Å²) < 4.78 is 1.18.